The Labute approximate surface area is 71.1 Å². The fourth-order valence-electron chi connectivity index (χ4n) is 0.677. The lowest BCUT2D eigenvalue weighted by Crippen LogP contribution is -2.22. The Morgan fingerprint density at radius 3 is 2.73 bits per heavy atom. The average Bonchev–Trinajstić information content (AvgIpc) is 1.97. The Kier molecular flexibility index (Phi) is 6.36. The molecule has 0 spiro atoms. The summed E-state index contributed by atoms with van der Waals surface area (Å²) in [5.74, 6) is 1.00. The lowest BCUT2D eigenvalue weighted by atomic mass is 10.3. The van der Waals surface area contributed by atoms with Crippen molar-refractivity contribution in [2.24, 2.45) is 0 Å². The highest BCUT2D eigenvalue weighted by molar-refractivity contribution is 7.99. The zero-order chi connectivity index (χ0) is 8.69. The molecular formula is C7H14O3S. The van der Waals surface area contributed by atoms with Crippen molar-refractivity contribution in [1.29, 1.82) is 0 Å². The van der Waals surface area contributed by atoms with Crippen LogP contribution in [0, 0.1) is 0 Å². The zero-order valence-electron chi connectivity index (χ0n) is 6.87. The van der Waals surface area contributed by atoms with Crippen molar-refractivity contribution in [3.05, 3.63) is 0 Å². The fourth-order valence-corrected chi connectivity index (χ4v) is 1.35. The van der Waals surface area contributed by atoms with E-state index in [9.17, 15) is 4.79 Å². The van der Waals surface area contributed by atoms with E-state index in [1.807, 2.05) is 6.92 Å². The van der Waals surface area contributed by atoms with Crippen LogP contribution in [0.3, 0.4) is 0 Å². The van der Waals surface area contributed by atoms with E-state index >= 15 is 0 Å². The van der Waals surface area contributed by atoms with Crippen LogP contribution in [0.4, 0.5) is 0 Å². The molecule has 0 rings (SSSR count). The molecule has 0 fully saturated rings. The number of hydrogen-bond donors (Lipinski definition) is 1. The maximum atomic E-state index is 10.4. The summed E-state index contributed by atoms with van der Waals surface area (Å²) in [7, 11) is 1.43. The summed E-state index contributed by atoms with van der Waals surface area (Å²) in [6, 6.07) is 0. The third kappa shape index (κ3) is 5.09. The van der Waals surface area contributed by atoms with Gasteiger partial charge in [-0.2, -0.15) is 11.8 Å². The molecule has 1 N–H and O–H groups in total. The van der Waals surface area contributed by atoms with Gasteiger partial charge in [0, 0.05) is 7.11 Å². The summed E-state index contributed by atoms with van der Waals surface area (Å²) in [6.45, 7) is 2.05. The molecule has 3 nitrogen and oxygen atoms in total. The van der Waals surface area contributed by atoms with Gasteiger partial charge in [-0.25, -0.2) is 4.79 Å². The van der Waals surface area contributed by atoms with Gasteiger partial charge in [-0.05, 0) is 17.9 Å². The van der Waals surface area contributed by atoms with E-state index < -0.39 is 12.1 Å². The molecule has 0 heterocycles. The highest BCUT2D eigenvalue weighted by Crippen LogP contribution is 2.06. The topological polar surface area (TPSA) is 46.5 Å². The van der Waals surface area contributed by atoms with Gasteiger partial charge in [-0.15, -0.1) is 0 Å². The van der Waals surface area contributed by atoms with Crippen molar-refractivity contribution < 1.29 is 14.6 Å². The molecule has 0 bridgehead atoms. The number of methoxy groups -OCH3 is 1. The molecule has 0 aliphatic carbocycles. The Hall–Kier alpha value is -0.220. The standard InChI is InChI=1S/C7H14O3S/c1-3-11-5-4-6(10-2)7(8)9/h6H,3-5H2,1-2H3,(H,8,9). The quantitative estimate of drug-likeness (QED) is 0.621. The van der Waals surface area contributed by atoms with E-state index in [-0.39, 0.29) is 0 Å². The molecule has 0 radical (unpaired) electrons. The molecule has 66 valence electrons. The molecule has 0 aliphatic rings. The van der Waals surface area contributed by atoms with Crippen LogP contribution in [0.2, 0.25) is 0 Å². The van der Waals surface area contributed by atoms with Crippen LogP contribution >= 0.6 is 11.8 Å². The van der Waals surface area contributed by atoms with Gasteiger partial charge in [0.2, 0.25) is 0 Å². The summed E-state index contributed by atoms with van der Waals surface area (Å²) in [5, 5.41) is 8.54. The lowest BCUT2D eigenvalue weighted by Gasteiger charge is -2.08. The highest BCUT2D eigenvalue weighted by atomic mass is 32.2. The molecule has 0 saturated carbocycles. The zero-order valence-corrected chi connectivity index (χ0v) is 7.69. The van der Waals surface area contributed by atoms with Crippen molar-refractivity contribution in [2.75, 3.05) is 18.6 Å². The van der Waals surface area contributed by atoms with Crippen molar-refractivity contribution in [3.8, 4) is 0 Å². The molecular weight excluding hydrogens is 164 g/mol. The summed E-state index contributed by atoms with van der Waals surface area (Å²) in [4.78, 5) is 10.4. The number of carboxylic acids is 1. The minimum atomic E-state index is -0.871. The maximum absolute atomic E-state index is 10.4. The smallest absolute Gasteiger partial charge is 0.332 e. The molecule has 1 unspecified atom stereocenters. The molecule has 0 aromatic rings. The third-order valence-corrected chi connectivity index (χ3v) is 2.22. The van der Waals surface area contributed by atoms with Gasteiger partial charge >= 0.3 is 5.97 Å². The molecule has 0 aromatic heterocycles. The van der Waals surface area contributed by atoms with Gasteiger partial charge in [0.15, 0.2) is 6.10 Å². The largest absolute Gasteiger partial charge is 0.479 e. The number of thioether (sulfide) groups is 1. The Balaban J connectivity index is 3.44. The number of aliphatic carboxylic acids is 1. The molecule has 11 heavy (non-hydrogen) atoms. The Morgan fingerprint density at radius 2 is 2.36 bits per heavy atom. The van der Waals surface area contributed by atoms with E-state index in [4.69, 9.17) is 9.84 Å². The van der Waals surface area contributed by atoms with Crippen molar-refractivity contribution in [3.63, 3.8) is 0 Å². The van der Waals surface area contributed by atoms with Gasteiger partial charge in [-0.3, -0.25) is 0 Å². The first-order chi connectivity index (χ1) is 5.22. The first-order valence-corrected chi connectivity index (χ1v) is 4.71. The normalized spacial score (nSPS) is 12.9. The number of hydrogen-bond acceptors (Lipinski definition) is 3. The first-order valence-electron chi connectivity index (χ1n) is 3.55. The third-order valence-electron chi connectivity index (χ3n) is 1.29. The van der Waals surface area contributed by atoms with Gasteiger partial charge in [0.05, 0.1) is 0 Å². The Bertz CT molecular complexity index is 116. The monoisotopic (exact) mass is 178 g/mol. The maximum Gasteiger partial charge on any atom is 0.332 e. The predicted octanol–water partition coefficient (Wildman–Crippen LogP) is 1.23. The van der Waals surface area contributed by atoms with Crippen LogP contribution in [0.15, 0.2) is 0 Å². The van der Waals surface area contributed by atoms with Gasteiger partial charge in [-0.1, -0.05) is 6.92 Å². The average molecular weight is 178 g/mol. The second kappa shape index (κ2) is 6.49. The van der Waals surface area contributed by atoms with Crippen LogP contribution in [-0.2, 0) is 9.53 Å². The van der Waals surface area contributed by atoms with Crippen LogP contribution in [0.5, 0.6) is 0 Å². The van der Waals surface area contributed by atoms with E-state index in [2.05, 4.69) is 0 Å². The first kappa shape index (κ1) is 10.8. The fraction of sp³-hybridized carbons (Fsp3) is 0.857. The van der Waals surface area contributed by atoms with Gasteiger partial charge in [0.25, 0.3) is 0 Å². The van der Waals surface area contributed by atoms with E-state index in [1.165, 1.54) is 7.11 Å². The summed E-state index contributed by atoms with van der Waals surface area (Å²) in [5.41, 5.74) is 0. The van der Waals surface area contributed by atoms with Crippen LogP contribution < -0.4 is 0 Å². The van der Waals surface area contributed by atoms with Crippen molar-refractivity contribution in [2.45, 2.75) is 19.4 Å². The van der Waals surface area contributed by atoms with Crippen LogP contribution in [0.1, 0.15) is 13.3 Å². The number of ether oxygens (including phenoxy) is 1. The summed E-state index contributed by atoms with van der Waals surface area (Å²) >= 11 is 1.73. The second-order valence-electron chi connectivity index (χ2n) is 2.05. The minimum Gasteiger partial charge on any atom is -0.479 e. The molecule has 0 aromatic carbocycles. The molecule has 4 heteroatoms. The molecule has 1 atom stereocenters. The SMILES string of the molecule is CCSCCC(OC)C(=O)O. The van der Waals surface area contributed by atoms with E-state index in [0.29, 0.717) is 6.42 Å². The van der Waals surface area contributed by atoms with Crippen molar-refractivity contribution >= 4 is 17.7 Å². The summed E-state index contributed by atoms with van der Waals surface area (Å²) < 4.78 is 4.75. The lowest BCUT2D eigenvalue weighted by molar-refractivity contribution is -0.148. The van der Waals surface area contributed by atoms with Crippen LogP contribution in [-0.4, -0.2) is 35.8 Å². The predicted molar refractivity (Wildman–Crippen MR) is 46.0 cm³/mol. The summed E-state index contributed by atoms with van der Waals surface area (Å²) in [6.07, 6.45) is -0.0429. The minimum absolute atomic E-state index is 0.588. The van der Waals surface area contributed by atoms with Gasteiger partial charge in [0.1, 0.15) is 0 Å². The second-order valence-corrected chi connectivity index (χ2v) is 3.44. The molecule has 0 amide bonds. The molecule has 0 saturated heterocycles. The van der Waals surface area contributed by atoms with E-state index in [0.717, 1.165) is 11.5 Å². The van der Waals surface area contributed by atoms with Gasteiger partial charge < -0.3 is 9.84 Å². The number of carboxylic acid groups (broad SMARTS) is 1. The number of rotatable bonds is 6. The van der Waals surface area contributed by atoms with E-state index in [1.54, 1.807) is 11.8 Å². The highest BCUT2D eigenvalue weighted by Gasteiger charge is 2.14. The van der Waals surface area contributed by atoms with Crippen molar-refractivity contribution in [1.82, 2.24) is 0 Å². The Morgan fingerprint density at radius 1 is 1.73 bits per heavy atom. The molecule has 0 aliphatic heterocycles. The number of carbonyl (C=O) groups is 1. The van der Waals surface area contributed by atoms with Crippen LogP contribution in [0.25, 0.3) is 0 Å².